The zero-order valence-corrected chi connectivity index (χ0v) is 16.3. The van der Waals surface area contributed by atoms with Crippen molar-refractivity contribution in [2.24, 2.45) is 0 Å². The van der Waals surface area contributed by atoms with Gasteiger partial charge in [-0.15, -0.1) is 11.3 Å². The number of carbonyl (C=O) groups excluding carboxylic acids is 1. The molecule has 134 valence electrons. The third-order valence-electron chi connectivity index (χ3n) is 4.44. The van der Waals surface area contributed by atoms with Crippen LogP contribution in [0, 0.1) is 6.92 Å². The molecule has 0 bridgehead atoms. The highest BCUT2D eigenvalue weighted by molar-refractivity contribution is 7.15. The molecule has 1 aromatic heterocycles. The van der Waals surface area contributed by atoms with Crippen LogP contribution < -0.4 is 5.32 Å². The molecule has 27 heavy (non-hydrogen) atoms. The van der Waals surface area contributed by atoms with E-state index in [9.17, 15) is 4.79 Å². The SMILES string of the molecule is Cc1nc(-c2ccccc2Cl)sc1CNC(=O)c1cccc2ccccc12. The van der Waals surface area contributed by atoms with Gasteiger partial charge in [-0.1, -0.05) is 66.2 Å². The summed E-state index contributed by atoms with van der Waals surface area (Å²) >= 11 is 7.84. The summed E-state index contributed by atoms with van der Waals surface area (Å²) in [5.74, 6) is -0.0844. The largest absolute Gasteiger partial charge is 0.347 e. The topological polar surface area (TPSA) is 42.0 Å². The molecular weight excluding hydrogens is 376 g/mol. The Morgan fingerprint density at radius 2 is 1.78 bits per heavy atom. The summed E-state index contributed by atoms with van der Waals surface area (Å²) < 4.78 is 0. The fourth-order valence-corrected chi connectivity index (χ4v) is 4.34. The molecule has 0 saturated heterocycles. The minimum Gasteiger partial charge on any atom is -0.347 e. The van der Waals surface area contributed by atoms with Crippen molar-refractivity contribution in [3.63, 3.8) is 0 Å². The van der Waals surface area contributed by atoms with Crippen LogP contribution in [0.5, 0.6) is 0 Å². The molecule has 0 aliphatic heterocycles. The fourth-order valence-electron chi connectivity index (χ4n) is 3.02. The number of hydrogen-bond acceptors (Lipinski definition) is 3. The number of carbonyl (C=O) groups is 1. The van der Waals surface area contributed by atoms with Crippen LogP contribution in [0.25, 0.3) is 21.3 Å². The van der Waals surface area contributed by atoms with Gasteiger partial charge in [0, 0.05) is 16.0 Å². The molecule has 0 radical (unpaired) electrons. The number of rotatable bonds is 4. The smallest absolute Gasteiger partial charge is 0.252 e. The van der Waals surface area contributed by atoms with Crippen LogP contribution in [0.4, 0.5) is 0 Å². The quantitative estimate of drug-likeness (QED) is 0.473. The van der Waals surface area contributed by atoms with E-state index < -0.39 is 0 Å². The minimum absolute atomic E-state index is 0.0844. The van der Waals surface area contributed by atoms with Crippen molar-refractivity contribution < 1.29 is 4.79 Å². The predicted molar refractivity (Wildman–Crippen MR) is 112 cm³/mol. The summed E-state index contributed by atoms with van der Waals surface area (Å²) in [6, 6.07) is 21.3. The van der Waals surface area contributed by atoms with Crippen molar-refractivity contribution in [1.82, 2.24) is 10.3 Å². The van der Waals surface area contributed by atoms with Gasteiger partial charge in [0.1, 0.15) is 5.01 Å². The number of nitrogens with zero attached hydrogens (tertiary/aromatic N) is 1. The Hall–Kier alpha value is -2.69. The molecule has 0 spiro atoms. The molecule has 1 N–H and O–H groups in total. The molecule has 0 atom stereocenters. The number of thiazole rings is 1. The van der Waals surface area contributed by atoms with Crippen LogP contribution in [0.2, 0.25) is 5.02 Å². The highest BCUT2D eigenvalue weighted by atomic mass is 35.5. The first-order valence-electron chi connectivity index (χ1n) is 8.60. The van der Waals surface area contributed by atoms with Crippen LogP contribution in [-0.4, -0.2) is 10.9 Å². The van der Waals surface area contributed by atoms with Crippen molar-refractivity contribution in [3.8, 4) is 10.6 Å². The summed E-state index contributed by atoms with van der Waals surface area (Å²) in [5.41, 5.74) is 2.51. The summed E-state index contributed by atoms with van der Waals surface area (Å²) in [7, 11) is 0. The summed E-state index contributed by atoms with van der Waals surface area (Å²) in [4.78, 5) is 18.4. The number of benzene rings is 3. The molecule has 0 unspecified atom stereocenters. The van der Waals surface area contributed by atoms with E-state index in [-0.39, 0.29) is 5.91 Å². The van der Waals surface area contributed by atoms with Gasteiger partial charge in [0.15, 0.2) is 0 Å². The van der Waals surface area contributed by atoms with Crippen LogP contribution in [-0.2, 0) is 6.54 Å². The van der Waals surface area contributed by atoms with Gasteiger partial charge in [0.05, 0.1) is 17.3 Å². The molecule has 1 amide bonds. The summed E-state index contributed by atoms with van der Waals surface area (Å²) in [5, 5.41) is 6.58. The lowest BCUT2D eigenvalue weighted by molar-refractivity contribution is 0.0953. The zero-order chi connectivity index (χ0) is 18.8. The van der Waals surface area contributed by atoms with Gasteiger partial charge in [0.25, 0.3) is 5.91 Å². The van der Waals surface area contributed by atoms with Crippen LogP contribution in [0.3, 0.4) is 0 Å². The molecule has 5 heteroatoms. The highest BCUT2D eigenvalue weighted by Gasteiger charge is 2.14. The minimum atomic E-state index is -0.0844. The van der Waals surface area contributed by atoms with E-state index in [2.05, 4.69) is 10.3 Å². The van der Waals surface area contributed by atoms with Crippen molar-refractivity contribution in [2.45, 2.75) is 13.5 Å². The number of fused-ring (bicyclic) bond motifs is 1. The lowest BCUT2D eigenvalue weighted by Gasteiger charge is -2.07. The maximum atomic E-state index is 12.7. The van der Waals surface area contributed by atoms with Gasteiger partial charge in [0.2, 0.25) is 0 Å². The monoisotopic (exact) mass is 392 g/mol. The van der Waals surface area contributed by atoms with Gasteiger partial charge in [-0.2, -0.15) is 0 Å². The van der Waals surface area contributed by atoms with Gasteiger partial charge in [-0.25, -0.2) is 4.98 Å². The molecule has 0 fully saturated rings. The molecule has 4 aromatic rings. The summed E-state index contributed by atoms with van der Waals surface area (Å²) in [6.45, 7) is 2.40. The van der Waals surface area contributed by atoms with Crippen LogP contribution in [0.1, 0.15) is 20.9 Å². The molecule has 3 nitrogen and oxygen atoms in total. The first-order valence-corrected chi connectivity index (χ1v) is 9.80. The third kappa shape index (κ3) is 3.59. The second kappa shape index (κ2) is 7.51. The molecule has 0 aliphatic rings. The number of amides is 1. The maximum absolute atomic E-state index is 12.7. The summed E-state index contributed by atoms with van der Waals surface area (Å²) in [6.07, 6.45) is 0. The predicted octanol–water partition coefficient (Wildman–Crippen LogP) is 5.86. The van der Waals surface area contributed by atoms with Gasteiger partial charge < -0.3 is 5.32 Å². The maximum Gasteiger partial charge on any atom is 0.252 e. The average molecular weight is 393 g/mol. The standard InChI is InChI=1S/C22H17ClN2OS/c1-14-20(27-22(25-14)18-10-4-5-12-19(18)23)13-24-21(26)17-11-6-8-15-7-2-3-9-16(15)17/h2-12H,13H2,1H3,(H,24,26). The van der Waals surface area contributed by atoms with E-state index in [1.165, 1.54) is 0 Å². The van der Waals surface area contributed by atoms with E-state index in [0.717, 1.165) is 31.9 Å². The number of aryl methyl sites for hydroxylation is 1. The number of halogens is 1. The van der Waals surface area contributed by atoms with Crippen molar-refractivity contribution in [2.75, 3.05) is 0 Å². The zero-order valence-electron chi connectivity index (χ0n) is 14.7. The Morgan fingerprint density at radius 3 is 2.63 bits per heavy atom. The van der Waals surface area contributed by atoms with E-state index >= 15 is 0 Å². The van der Waals surface area contributed by atoms with E-state index in [0.29, 0.717) is 17.1 Å². The number of nitrogens with one attached hydrogen (secondary N) is 1. The third-order valence-corrected chi connectivity index (χ3v) is 5.96. The van der Waals surface area contributed by atoms with Crippen LogP contribution >= 0.6 is 22.9 Å². The second-order valence-corrected chi connectivity index (χ2v) is 7.71. The molecule has 0 saturated carbocycles. The van der Waals surface area contributed by atoms with E-state index in [4.69, 9.17) is 11.6 Å². The number of hydrogen-bond donors (Lipinski definition) is 1. The first-order chi connectivity index (χ1) is 13.1. The normalized spacial score (nSPS) is 10.9. The van der Waals surface area contributed by atoms with Crippen molar-refractivity contribution in [1.29, 1.82) is 0 Å². The van der Waals surface area contributed by atoms with Crippen LogP contribution in [0.15, 0.2) is 66.7 Å². The second-order valence-electron chi connectivity index (χ2n) is 6.22. The Balaban J connectivity index is 1.55. The van der Waals surface area contributed by atoms with Gasteiger partial charge in [-0.05, 0) is 29.8 Å². The molecule has 3 aromatic carbocycles. The fraction of sp³-hybridized carbons (Fsp3) is 0.0909. The Bertz CT molecular complexity index is 1130. The Morgan fingerprint density at radius 1 is 1.04 bits per heavy atom. The van der Waals surface area contributed by atoms with Crippen molar-refractivity contribution >= 4 is 39.6 Å². The molecule has 4 rings (SSSR count). The first kappa shape index (κ1) is 17.7. The highest BCUT2D eigenvalue weighted by Crippen LogP contribution is 2.32. The van der Waals surface area contributed by atoms with E-state index in [1.807, 2.05) is 73.7 Å². The lowest BCUT2D eigenvalue weighted by Crippen LogP contribution is -2.22. The lowest BCUT2D eigenvalue weighted by atomic mass is 10.0. The van der Waals surface area contributed by atoms with E-state index in [1.54, 1.807) is 11.3 Å². The van der Waals surface area contributed by atoms with Gasteiger partial charge >= 0.3 is 0 Å². The molecule has 0 aliphatic carbocycles. The molecular formula is C22H17ClN2OS. The Kier molecular flexibility index (Phi) is 4.92. The van der Waals surface area contributed by atoms with Gasteiger partial charge in [-0.3, -0.25) is 4.79 Å². The number of aromatic nitrogens is 1. The Labute approximate surface area is 166 Å². The molecule has 1 heterocycles. The van der Waals surface area contributed by atoms with Crippen molar-refractivity contribution in [3.05, 3.63) is 87.9 Å². The average Bonchev–Trinajstić information content (AvgIpc) is 3.06.